The van der Waals surface area contributed by atoms with Gasteiger partial charge in [-0.25, -0.2) is 0 Å². The first-order chi connectivity index (χ1) is 8.64. The van der Waals surface area contributed by atoms with E-state index >= 15 is 0 Å². The maximum Gasteiger partial charge on any atom is 0.0642 e. The quantitative estimate of drug-likeness (QED) is 0.898. The monoisotopic (exact) mass is 266 g/mol. The maximum atomic E-state index is 6.37. The molecule has 2 N–H and O–H groups in total. The second-order valence-electron chi connectivity index (χ2n) is 5.37. The molecule has 1 aromatic carbocycles. The average molecular weight is 267 g/mol. The fourth-order valence-corrected chi connectivity index (χ4v) is 3.22. The zero-order valence-corrected chi connectivity index (χ0v) is 12.1. The lowest BCUT2D eigenvalue weighted by Gasteiger charge is -2.27. The molecule has 0 bridgehead atoms. The van der Waals surface area contributed by atoms with Gasteiger partial charge < -0.3 is 10.6 Å². The fourth-order valence-electron chi connectivity index (χ4n) is 2.90. The van der Waals surface area contributed by atoms with E-state index in [1.165, 1.54) is 19.3 Å². The van der Waals surface area contributed by atoms with Gasteiger partial charge in [-0.1, -0.05) is 31.5 Å². The van der Waals surface area contributed by atoms with Crippen molar-refractivity contribution in [2.45, 2.75) is 39.7 Å². The van der Waals surface area contributed by atoms with Gasteiger partial charge in [0.05, 0.1) is 10.7 Å². The topological polar surface area (TPSA) is 29.3 Å². The van der Waals surface area contributed by atoms with Gasteiger partial charge >= 0.3 is 0 Å². The van der Waals surface area contributed by atoms with Crippen molar-refractivity contribution < 1.29 is 0 Å². The molecule has 0 atom stereocenters. The van der Waals surface area contributed by atoms with Crippen molar-refractivity contribution in [3.05, 3.63) is 28.8 Å². The van der Waals surface area contributed by atoms with Crippen LogP contribution in [0.15, 0.2) is 18.2 Å². The second-order valence-corrected chi connectivity index (χ2v) is 5.78. The third kappa shape index (κ3) is 2.50. The molecule has 2 nitrogen and oxygen atoms in total. The summed E-state index contributed by atoms with van der Waals surface area (Å²) < 4.78 is 0. The lowest BCUT2D eigenvalue weighted by atomic mass is 9.82. The van der Waals surface area contributed by atoms with Gasteiger partial charge in [-0.05, 0) is 42.4 Å². The van der Waals surface area contributed by atoms with Gasteiger partial charge in [0.2, 0.25) is 0 Å². The van der Waals surface area contributed by atoms with Crippen molar-refractivity contribution in [1.29, 1.82) is 0 Å². The van der Waals surface area contributed by atoms with Crippen molar-refractivity contribution in [3.63, 3.8) is 0 Å². The Kier molecular flexibility index (Phi) is 4.18. The Hall–Kier alpha value is -0.730. The van der Waals surface area contributed by atoms with E-state index in [9.17, 15) is 0 Å². The highest BCUT2D eigenvalue weighted by atomic mass is 35.5. The minimum atomic E-state index is 0.482. The van der Waals surface area contributed by atoms with Crippen LogP contribution in [0.5, 0.6) is 0 Å². The third-order valence-corrected chi connectivity index (χ3v) is 4.83. The van der Waals surface area contributed by atoms with Gasteiger partial charge in [0.25, 0.3) is 0 Å². The van der Waals surface area contributed by atoms with Crippen LogP contribution >= 0.6 is 11.6 Å². The van der Waals surface area contributed by atoms with Crippen molar-refractivity contribution in [3.8, 4) is 0 Å². The number of nitrogens with zero attached hydrogens (tertiary/aromatic N) is 1. The Morgan fingerprint density at radius 3 is 2.56 bits per heavy atom. The van der Waals surface area contributed by atoms with Crippen LogP contribution in [0.1, 0.15) is 38.7 Å². The van der Waals surface area contributed by atoms with Gasteiger partial charge in [-0.3, -0.25) is 0 Å². The zero-order chi connectivity index (χ0) is 13.2. The summed E-state index contributed by atoms with van der Waals surface area (Å²) in [5, 5.41) is 0.834. The zero-order valence-electron chi connectivity index (χ0n) is 11.4. The van der Waals surface area contributed by atoms with E-state index in [2.05, 4.69) is 30.9 Å². The van der Waals surface area contributed by atoms with Crippen molar-refractivity contribution in [2.75, 3.05) is 18.0 Å². The number of hydrogen-bond acceptors (Lipinski definition) is 2. The Balaban J connectivity index is 2.19. The predicted octanol–water partition coefficient (Wildman–Crippen LogP) is 3.82. The Bertz CT molecular complexity index is 413. The van der Waals surface area contributed by atoms with E-state index < -0.39 is 0 Å². The first kappa shape index (κ1) is 13.7. The highest BCUT2D eigenvalue weighted by molar-refractivity contribution is 6.33. The van der Waals surface area contributed by atoms with Crippen LogP contribution in [-0.4, -0.2) is 13.1 Å². The summed E-state index contributed by atoms with van der Waals surface area (Å²) in [6.45, 7) is 7.39. The standard InChI is InChI=1S/C15H23ClN2/c1-3-15(4-2)7-8-18(11-15)14-6-5-12(10-17)9-13(14)16/h5-6,9H,3-4,7-8,10-11,17H2,1-2H3. The van der Waals surface area contributed by atoms with Gasteiger partial charge in [0.1, 0.15) is 0 Å². The molecule has 18 heavy (non-hydrogen) atoms. The van der Waals surface area contributed by atoms with E-state index in [1.807, 2.05) is 6.07 Å². The lowest BCUT2D eigenvalue weighted by molar-refractivity contribution is 0.301. The summed E-state index contributed by atoms with van der Waals surface area (Å²) in [5.74, 6) is 0. The number of halogens is 1. The number of hydrogen-bond donors (Lipinski definition) is 1. The Labute approximate surface area is 115 Å². The molecule has 0 saturated carbocycles. The third-order valence-electron chi connectivity index (χ3n) is 4.53. The minimum Gasteiger partial charge on any atom is -0.370 e. The first-order valence-corrected chi connectivity index (χ1v) is 7.25. The van der Waals surface area contributed by atoms with Crippen LogP contribution < -0.4 is 10.6 Å². The molecule has 0 radical (unpaired) electrons. The molecule has 2 rings (SSSR count). The molecule has 1 aliphatic heterocycles. The summed E-state index contributed by atoms with van der Waals surface area (Å²) in [5.41, 5.74) is 8.38. The van der Waals surface area contributed by atoms with Gasteiger partial charge in [-0.15, -0.1) is 0 Å². The molecule has 0 amide bonds. The smallest absolute Gasteiger partial charge is 0.0642 e. The van der Waals surface area contributed by atoms with Crippen LogP contribution in [-0.2, 0) is 6.54 Å². The van der Waals surface area contributed by atoms with Gasteiger partial charge in [-0.2, -0.15) is 0 Å². The van der Waals surface area contributed by atoms with E-state index in [4.69, 9.17) is 17.3 Å². The molecule has 1 fully saturated rings. The molecule has 0 unspecified atom stereocenters. The van der Waals surface area contributed by atoms with Gasteiger partial charge in [0, 0.05) is 19.6 Å². The summed E-state index contributed by atoms with van der Waals surface area (Å²) >= 11 is 6.37. The van der Waals surface area contributed by atoms with E-state index in [0.29, 0.717) is 12.0 Å². The summed E-state index contributed by atoms with van der Waals surface area (Å²) in [6.07, 6.45) is 3.77. The molecule has 0 spiro atoms. The minimum absolute atomic E-state index is 0.482. The van der Waals surface area contributed by atoms with Crippen LogP contribution in [0.4, 0.5) is 5.69 Å². The molecule has 1 heterocycles. The van der Waals surface area contributed by atoms with Crippen molar-refractivity contribution in [1.82, 2.24) is 0 Å². The highest BCUT2D eigenvalue weighted by Gasteiger charge is 2.35. The molecule has 1 aliphatic rings. The maximum absolute atomic E-state index is 6.37. The molecule has 1 saturated heterocycles. The normalized spacial score (nSPS) is 18.3. The van der Waals surface area contributed by atoms with E-state index in [-0.39, 0.29) is 0 Å². The molecule has 0 aromatic heterocycles. The predicted molar refractivity (Wildman–Crippen MR) is 79.2 cm³/mol. The molecule has 3 heteroatoms. The largest absolute Gasteiger partial charge is 0.370 e. The summed E-state index contributed by atoms with van der Waals surface area (Å²) in [4.78, 5) is 2.43. The SMILES string of the molecule is CCC1(CC)CCN(c2ccc(CN)cc2Cl)C1. The number of anilines is 1. The van der Waals surface area contributed by atoms with Crippen LogP contribution in [0, 0.1) is 5.41 Å². The van der Waals surface area contributed by atoms with Crippen molar-refractivity contribution in [2.24, 2.45) is 11.1 Å². The van der Waals surface area contributed by atoms with Crippen LogP contribution in [0.3, 0.4) is 0 Å². The van der Waals surface area contributed by atoms with E-state index in [1.54, 1.807) is 0 Å². The Morgan fingerprint density at radius 1 is 1.33 bits per heavy atom. The summed E-state index contributed by atoms with van der Waals surface area (Å²) in [6, 6.07) is 6.19. The average Bonchev–Trinajstić information content (AvgIpc) is 2.83. The van der Waals surface area contributed by atoms with E-state index in [0.717, 1.165) is 29.4 Å². The molecular formula is C15H23ClN2. The molecule has 100 valence electrons. The second kappa shape index (κ2) is 5.50. The molecule has 1 aromatic rings. The molecule has 0 aliphatic carbocycles. The van der Waals surface area contributed by atoms with Gasteiger partial charge in [0.15, 0.2) is 0 Å². The number of benzene rings is 1. The fraction of sp³-hybridized carbons (Fsp3) is 0.600. The van der Waals surface area contributed by atoms with Crippen LogP contribution in [0.25, 0.3) is 0 Å². The Morgan fingerprint density at radius 2 is 2.06 bits per heavy atom. The summed E-state index contributed by atoms with van der Waals surface area (Å²) in [7, 11) is 0. The number of nitrogens with two attached hydrogens (primary N) is 1. The highest BCUT2D eigenvalue weighted by Crippen LogP contribution is 2.40. The van der Waals surface area contributed by atoms with Crippen molar-refractivity contribution >= 4 is 17.3 Å². The first-order valence-electron chi connectivity index (χ1n) is 6.87. The number of rotatable bonds is 4. The molecular weight excluding hydrogens is 244 g/mol. The lowest BCUT2D eigenvalue weighted by Crippen LogP contribution is -2.26. The van der Waals surface area contributed by atoms with Crippen LogP contribution in [0.2, 0.25) is 5.02 Å².